The Balaban J connectivity index is 1.53. The summed E-state index contributed by atoms with van der Waals surface area (Å²) in [7, 11) is 0. The number of benzene rings is 2. The lowest BCUT2D eigenvalue weighted by Crippen LogP contribution is -2.42. The zero-order valence-corrected chi connectivity index (χ0v) is 18.7. The summed E-state index contributed by atoms with van der Waals surface area (Å²) < 4.78 is 0. The zero-order valence-electron chi connectivity index (χ0n) is 18.7. The average molecular weight is 426 g/mol. The van der Waals surface area contributed by atoms with Crippen molar-refractivity contribution >= 4 is 11.8 Å². The molecule has 0 aromatic heterocycles. The highest BCUT2D eigenvalue weighted by atomic mass is 16.2. The summed E-state index contributed by atoms with van der Waals surface area (Å²) in [5.74, 6) is -0.593. The molecule has 0 saturated carbocycles. The van der Waals surface area contributed by atoms with Crippen LogP contribution in [0.3, 0.4) is 0 Å². The molecular formula is C29H31NO2. The number of nitrogens with zero attached hydrogens (tertiary/aromatic N) is 1. The van der Waals surface area contributed by atoms with E-state index < -0.39 is 5.41 Å². The molecule has 0 spiro atoms. The van der Waals surface area contributed by atoms with Crippen molar-refractivity contribution in [2.75, 3.05) is 6.54 Å². The minimum Gasteiger partial charge on any atom is -0.281 e. The molecule has 2 aromatic carbocycles. The fourth-order valence-electron chi connectivity index (χ4n) is 6.04. The predicted molar refractivity (Wildman–Crippen MR) is 127 cm³/mol. The van der Waals surface area contributed by atoms with Gasteiger partial charge in [0.1, 0.15) is 0 Å². The first-order valence-electron chi connectivity index (χ1n) is 11.9. The van der Waals surface area contributed by atoms with E-state index in [1.54, 1.807) is 4.90 Å². The number of imide groups is 1. The van der Waals surface area contributed by atoms with Crippen molar-refractivity contribution < 1.29 is 9.59 Å². The second kappa shape index (κ2) is 8.54. The summed E-state index contributed by atoms with van der Waals surface area (Å²) >= 11 is 0. The minimum absolute atomic E-state index is 0.00644. The lowest BCUT2D eigenvalue weighted by molar-refractivity contribution is -0.141. The normalized spacial score (nSPS) is 29.7. The number of carbonyl (C=O) groups excluding carboxylic acids is 2. The van der Waals surface area contributed by atoms with Crippen LogP contribution in [0, 0.1) is 11.3 Å². The highest BCUT2D eigenvalue weighted by Gasteiger charge is 2.62. The van der Waals surface area contributed by atoms with E-state index in [1.165, 1.54) is 18.4 Å². The van der Waals surface area contributed by atoms with Gasteiger partial charge in [-0.25, -0.2) is 0 Å². The fraction of sp³-hybridized carbons (Fsp3) is 0.379. The lowest BCUT2D eigenvalue weighted by atomic mass is 9.58. The van der Waals surface area contributed by atoms with Crippen LogP contribution in [0.5, 0.6) is 0 Å². The third-order valence-electron chi connectivity index (χ3n) is 7.78. The van der Waals surface area contributed by atoms with Gasteiger partial charge in [0.25, 0.3) is 0 Å². The van der Waals surface area contributed by atoms with E-state index in [0.717, 1.165) is 30.4 Å². The van der Waals surface area contributed by atoms with Gasteiger partial charge in [-0.05, 0) is 50.2 Å². The molecule has 32 heavy (non-hydrogen) atoms. The van der Waals surface area contributed by atoms with Crippen LogP contribution in [0.1, 0.15) is 62.0 Å². The van der Waals surface area contributed by atoms with Crippen molar-refractivity contribution in [2.24, 2.45) is 11.3 Å². The molecule has 0 N–H and O–H groups in total. The number of carbonyl (C=O) groups is 2. The van der Waals surface area contributed by atoms with Crippen LogP contribution in [-0.2, 0) is 9.59 Å². The van der Waals surface area contributed by atoms with Crippen molar-refractivity contribution in [3.63, 3.8) is 0 Å². The van der Waals surface area contributed by atoms with Crippen LogP contribution >= 0.6 is 0 Å². The molecule has 164 valence electrons. The molecule has 1 aliphatic heterocycles. The molecule has 5 rings (SSSR count). The predicted octanol–water partition coefficient (Wildman–Crippen LogP) is 6.01. The molecule has 4 atom stereocenters. The first kappa shape index (κ1) is 20.9. The van der Waals surface area contributed by atoms with Gasteiger partial charge < -0.3 is 0 Å². The Labute approximate surface area is 190 Å². The Kier molecular flexibility index (Phi) is 5.58. The van der Waals surface area contributed by atoms with Crippen molar-refractivity contribution in [3.8, 4) is 0 Å². The first-order valence-corrected chi connectivity index (χ1v) is 11.9. The number of allylic oxidation sites excluding steroid dienone is 3. The number of amides is 2. The van der Waals surface area contributed by atoms with Crippen LogP contribution in [-0.4, -0.2) is 23.3 Å². The molecular weight excluding hydrogens is 394 g/mol. The molecule has 0 bridgehead atoms. The SMILES string of the molecule is C[C@@]12C(=O)N(CCC3=CCCCC3)C(=O)[C@H]1[C@@H](c1ccccc1)C=C[C@H]2c1ccccc1. The molecule has 0 radical (unpaired) electrons. The van der Waals surface area contributed by atoms with Crippen LogP contribution in [0.15, 0.2) is 84.5 Å². The summed E-state index contributed by atoms with van der Waals surface area (Å²) in [5, 5.41) is 0. The maximum atomic E-state index is 14.0. The van der Waals surface area contributed by atoms with Crippen molar-refractivity contribution in [1.82, 2.24) is 4.90 Å². The smallest absolute Gasteiger partial charge is 0.236 e. The second-order valence-electron chi connectivity index (χ2n) is 9.62. The van der Waals surface area contributed by atoms with Gasteiger partial charge in [0.2, 0.25) is 11.8 Å². The van der Waals surface area contributed by atoms with E-state index in [9.17, 15) is 9.59 Å². The second-order valence-corrected chi connectivity index (χ2v) is 9.62. The van der Waals surface area contributed by atoms with E-state index in [1.807, 2.05) is 43.3 Å². The van der Waals surface area contributed by atoms with E-state index in [2.05, 4.69) is 42.5 Å². The van der Waals surface area contributed by atoms with Crippen LogP contribution in [0.2, 0.25) is 0 Å². The Hall–Kier alpha value is -2.94. The first-order chi connectivity index (χ1) is 15.6. The fourth-order valence-corrected chi connectivity index (χ4v) is 6.04. The Morgan fingerprint density at radius 2 is 1.59 bits per heavy atom. The van der Waals surface area contributed by atoms with Crippen molar-refractivity contribution in [2.45, 2.75) is 50.9 Å². The van der Waals surface area contributed by atoms with Crippen LogP contribution in [0.4, 0.5) is 0 Å². The third-order valence-corrected chi connectivity index (χ3v) is 7.78. The topological polar surface area (TPSA) is 37.4 Å². The Morgan fingerprint density at radius 3 is 2.25 bits per heavy atom. The number of rotatable bonds is 5. The summed E-state index contributed by atoms with van der Waals surface area (Å²) in [5.41, 5.74) is 2.81. The standard InChI is InChI=1S/C29H31NO2/c1-29-25(23-15-9-4-10-16-23)18-17-24(22-13-7-3-8-14-22)26(29)27(31)30(28(29)32)20-19-21-11-5-2-6-12-21/h3-4,7-11,13-18,24-26H,2,5-6,12,19-20H2,1H3/t24-,25+,26-,29+/m1/s1. The summed E-state index contributed by atoms with van der Waals surface area (Å²) in [6, 6.07) is 20.3. The van der Waals surface area contributed by atoms with Crippen molar-refractivity contribution in [1.29, 1.82) is 0 Å². The minimum atomic E-state index is -0.783. The van der Waals surface area contributed by atoms with Crippen LogP contribution < -0.4 is 0 Å². The number of hydrogen-bond acceptors (Lipinski definition) is 2. The summed E-state index contributed by atoms with van der Waals surface area (Å²) in [6.07, 6.45) is 12.1. The molecule has 3 nitrogen and oxygen atoms in total. The highest BCUT2D eigenvalue weighted by molar-refractivity contribution is 6.08. The monoisotopic (exact) mass is 425 g/mol. The van der Waals surface area contributed by atoms with E-state index in [4.69, 9.17) is 0 Å². The van der Waals surface area contributed by atoms with Gasteiger partial charge in [-0.3, -0.25) is 14.5 Å². The van der Waals surface area contributed by atoms with Gasteiger partial charge in [0.05, 0.1) is 11.3 Å². The maximum Gasteiger partial charge on any atom is 0.236 e. The molecule has 2 aliphatic carbocycles. The molecule has 1 fully saturated rings. The van der Waals surface area contributed by atoms with Gasteiger partial charge in [-0.2, -0.15) is 0 Å². The maximum absolute atomic E-state index is 14.0. The van der Waals surface area contributed by atoms with Gasteiger partial charge >= 0.3 is 0 Å². The average Bonchev–Trinajstić information content (AvgIpc) is 3.04. The van der Waals surface area contributed by atoms with Crippen molar-refractivity contribution in [3.05, 3.63) is 95.6 Å². The number of hydrogen-bond donors (Lipinski definition) is 0. The number of likely N-dealkylation sites (tertiary alicyclic amines) is 1. The van der Waals surface area contributed by atoms with E-state index in [0.29, 0.717) is 6.54 Å². The Bertz CT molecular complexity index is 1060. The van der Waals surface area contributed by atoms with Gasteiger partial charge in [-0.15, -0.1) is 0 Å². The molecule has 3 aliphatic rings. The van der Waals surface area contributed by atoms with E-state index in [-0.39, 0.29) is 29.6 Å². The Morgan fingerprint density at radius 1 is 0.906 bits per heavy atom. The van der Waals surface area contributed by atoms with Gasteiger partial charge in [0.15, 0.2) is 0 Å². The van der Waals surface area contributed by atoms with Gasteiger partial charge in [0, 0.05) is 18.4 Å². The molecule has 1 heterocycles. The largest absolute Gasteiger partial charge is 0.281 e. The third kappa shape index (κ3) is 3.44. The summed E-state index contributed by atoms with van der Waals surface area (Å²) in [4.78, 5) is 29.4. The highest BCUT2D eigenvalue weighted by Crippen LogP contribution is 2.57. The molecule has 2 amide bonds. The van der Waals surface area contributed by atoms with E-state index >= 15 is 0 Å². The lowest BCUT2D eigenvalue weighted by Gasteiger charge is -2.41. The molecule has 0 unspecified atom stereocenters. The van der Waals surface area contributed by atoms with Gasteiger partial charge in [-0.1, -0.05) is 84.5 Å². The molecule has 3 heteroatoms. The zero-order chi connectivity index (χ0) is 22.1. The quantitative estimate of drug-likeness (QED) is 0.435. The van der Waals surface area contributed by atoms with Crippen LogP contribution in [0.25, 0.3) is 0 Å². The molecule has 2 aromatic rings. The number of fused-ring (bicyclic) bond motifs is 1. The summed E-state index contributed by atoms with van der Waals surface area (Å²) in [6.45, 7) is 2.52. The molecule has 1 saturated heterocycles.